The molecule has 2 atom stereocenters. The summed E-state index contributed by atoms with van der Waals surface area (Å²) < 4.78 is 0. The lowest BCUT2D eigenvalue weighted by Crippen LogP contribution is -2.39. The van der Waals surface area contributed by atoms with E-state index in [9.17, 15) is 15.2 Å². The molecule has 4 heteroatoms. The number of hydrogen-bond acceptors (Lipinski definition) is 3. The summed E-state index contributed by atoms with van der Waals surface area (Å²) in [5.74, 6) is 0.153. The second kappa shape index (κ2) is 7.64. The van der Waals surface area contributed by atoms with Crippen molar-refractivity contribution >= 4 is 0 Å². The van der Waals surface area contributed by atoms with Gasteiger partial charge in [-0.3, -0.25) is 10.1 Å². The number of nitro groups is 1. The van der Waals surface area contributed by atoms with E-state index in [-0.39, 0.29) is 10.8 Å². The third-order valence-electron chi connectivity index (χ3n) is 3.90. The van der Waals surface area contributed by atoms with Crippen LogP contribution in [0.25, 0.3) is 0 Å². The van der Waals surface area contributed by atoms with Crippen molar-refractivity contribution in [3.05, 3.63) is 10.1 Å². The molecule has 100 valence electrons. The van der Waals surface area contributed by atoms with E-state index >= 15 is 0 Å². The lowest BCUT2D eigenvalue weighted by atomic mass is 9.82. The minimum absolute atomic E-state index is 0.153. The largest absolute Gasteiger partial charge is 0.386 e. The predicted molar refractivity (Wildman–Crippen MR) is 67.5 cm³/mol. The summed E-state index contributed by atoms with van der Waals surface area (Å²) in [5, 5.41) is 21.2. The summed E-state index contributed by atoms with van der Waals surface area (Å²) in [5.41, 5.74) is 0. The van der Waals surface area contributed by atoms with Crippen molar-refractivity contribution in [1.29, 1.82) is 0 Å². The van der Waals surface area contributed by atoms with Crippen LogP contribution in [0, 0.1) is 16.0 Å². The molecule has 1 aliphatic rings. The second-order valence-corrected chi connectivity index (χ2v) is 5.24. The smallest absolute Gasteiger partial charge is 0.238 e. The van der Waals surface area contributed by atoms with E-state index < -0.39 is 12.1 Å². The Morgan fingerprint density at radius 3 is 2.47 bits per heavy atom. The Labute approximate surface area is 104 Å². The minimum atomic E-state index is -0.746. The van der Waals surface area contributed by atoms with Crippen molar-refractivity contribution in [3.63, 3.8) is 0 Å². The highest BCUT2D eigenvalue weighted by atomic mass is 16.6. The predicted octanol–water partition coefficient (Wildman–Crippen LogP) is 3.15. The van der Waals surface area contributed by atoms with Gasteiger partial charge in [-0.25, -0.2) is 0 Å². The lowest BCUT2D eigenvalue weighted by molar-refractivity contribution is -0.537. The maximum Gasteiger partial charge on any atom is 0.238 e. The fraction of sp³-hybridized carbons (Fsp3) is 1.00. The number of rotatable bonds is 7. The quantitative estimate of drug-likeness (QED) is 0.424. The molecule has 4 nitrogen and oxygen atoms in total. The third kappa shape index (κ3) is 4.62. The van der Waals surface area contributed by atoms with E-state index in [0.717, 1.165) is 44.9 Å². The molecule has 0 bridgehead atoms. The number of nitrogens with zero attached hydrogens (tertiary/aromatic N) is 1. The Balaban J connectivity index is 2.46. The first kappa shape index (κ1) is 14.4. The maximum absolute atomic E-state index is 11.0. The number of unbranched alkanes of at least 4 members (excludes halogenated alkanes) is 2. The van der Waals surface area contributed by atoms with E-state index in [1.807, 2.05) is 0 Å². The summed E-state index contributed by atoms with van der Waals surface area (Å²) >= 11 is 0. The number of hydrogen-bond donors (Lipinski definition) is 1. The first-order valence-electron chi connectivity index (χ1n) is 6.98. The normalized spacial score (nSPS) is 21.1. The van der Waals surface area contributed by atoms with Crippen molar-refractivity contribution in [2.24, 2.45) is 5.92 Å². The molecule has 0 amide bonds. The van der Waals surface area contributed by atoms with E-state index in [1.165, 1.54) is 6.42 Å². The molecule has 1 fully saturated rings. The van der Waals surface area contributed by atoms with Gasteiger partial charge in [-0.15, -0.1) is 0 Å². The van der Waals surface area contributed by atoms with Crippen LogP contribution in [0.15, 0.2) is 0 Å². The van der Waals surface area contributed by atoms with Crippen molar-refractivity contribution in [1.82, 2.24) is 0 Å². The van der Waals surface area contributed by atoms with Crippen LogP contribution < -0.4 is 0 Å². The summed E-state index contributed by atoms with van der Waals surface area (Å²) in [6.07, 6.45) is 8.07. The van der Waals surface area contributed by atoms with E-state index in [0.29, 0.717) is 6.42 Å². The van der Waals surface area contributed by atoms with Crippen LogP contribution in [0.4, 0.5) is 0 Å². The molecular formula is C13H25NO3. The fourth-order valence-corrected chi connectivity index (χ4v) is 2.79. The van der Waals surface area contributed by atoms with Gasteiger partial charge < -0.3 is 5.11 Å². The zero-order valence-corrected chi connectivity index (χ0v) is 10.8. The molecule has 1 N–H and O–H groups in total. The molecule has 17 heavy (non-hydrogen) atoms. The van der Waals surface area contributed by atoms with Crippen LogP contribution >= 0.6 is 0 Å². The van der Waals surface area contributed by atoms with Gasteiger partial charge in [0.1, 0.15) is 6.10 Å². The third-order valence-corrected chi connectivity index (χ3v) is 3.90. The Kier molecular flexibility index (Phi) is 6.48. The second-order valence-electron chi connectivity index (χ2n) is 5.24. The van der Waals surface area contributed by atoms with Gasteiger partial charge in [-0.1, -0.05) is 39.0 Å². The Hall–Kier alpha value is -0.640. The highest BCUT2D eigenvalue weighted by Crippen LogP contribution is 2.29. The molecule has 0 radical (unpaired) electrons. The summed E-state index contributed by atoms with van der Waals surface area (Å²) in [6, 6.07) is -0.746. The Bertz CT molecular complexity index is 227. The first-order valence-corrected chi connectivity index (χ1v) is 6.98. The van der Waals surface area contributed by atoms with Crippen molar-refractivity contribution < 1.29 is 10.0 Å². The average Bonchev–Trinajstić information content (AvgIpc) is 2.34. The minimum Gasteiger partial charge on any atom is -0.386 e. The van der Waals surface area contributed by atoms with E-state index in [2.05, 4.69) is 6.92 Å². The first-order chi connectivity index (χ1) is 8.16. The topological polar surface area (TPSA) is 63.4 Å². The van der Waals surface area contributed by atoms with Gasteiger partial charge in [0, 0.05) is 11.3 Å². The summed E-state index contributed by atoms with van der Waals surface area (Å²) in [7, 11) is 0. The molecule has 1 rings (SSSR count). The molecular weight excluding hydrogens is 218 g/mol. The zero-order valence-electron chi connectivity index (χ0n) is 10.8. The molecule has 0 aromatic carbocycles. The number of aliphatic hydroxyl groups excluding tert-OH is 1. The molecule has 0 aromatic rings. The SMILES string of the molecule is CCCCC[C@@H]([C@H](O)C1CCCCC1)[N+](=O)[O-]. The van der Waals surface area contributed by atoms with Crippen molar-refractivity contribution in [3.8, 4) is 0 Å². The van der Waals surface area contributed by atoms with Gasteiger partial charge in [-0.2, -0.15) is 0 Å². The van der Waals surface area contributed by atoms with Crippen molar-refractivity contribution in [2.45, 2.75) is 76.9 Å². The van der Waals surface area contributed by atoms with Crippen LogP contribution in [-0.4, -0.2) is 22.2 Å². The molecule has 0 spiro atoms. The molecule has 0 saturated heterocycles. The monoisotopic (exact) mass is 243 g/mol. The van der Waals surface area contributed by atoms with Crippen LogP contribution in [0.1, 0.15) is 64.7 Å². The molecule has 0 unspecified atom stereocenters. The average molecular weight is 243 g/mol. The molecule has 1 aliphatic carbocycles. The zero-order chi connectivity index (χ0) is 12.7. The van der Waals surface area contributed by atoms with Gasteiger partial charge in [0.15, 0.2) is 0 Å². The lowest BCUT2D eigenvalue weighted by Gasteiger charge is -2.28. The summed E-state index contributed by atoms with van der Waals surface area (Å²) in [6.45, 7) is 2.08. The van der Waals surface area contributed by atoms with E-state index in [4.69, 9.17) is 0 Å². The van der Waals surface area contributed by atoms with Crippen LogP contribution in [0.3, 0.4) is 0 Å². The Morgan fingerprint density at radius 1 is 1.29 bits per heavy atom. The number of aliphatic hydroxyl groups is 1. The van der Waals surface area contributed by atoms with Gasteiger partial charge in [0.2, 0.25) is 6.04 Å². The van der Waals surface area contributed by atoms with Crippen LogP contribution in [0.5, 0.6) is 0 Å². The molecule has 0 aromatic heterocycles. The maximum atomic E-state index is 11.0. The standard InChI is InChI=1S/C13H25NO3/c1-2-3-5-10-12(14(16)17)13(15)11-8-6-4-7-9-11/h11-13,15H,2-10H2,1H3/t12-,13+/m0/s1. The highest BCUT2D eigenvalue weighted by Gasteiger charge is 2.35. The Morgan fingerprint density at radius 2 is 1.94 bits per heavy atom. The fourth-order valence-electron chi connectivity index (χ4n) is 2.79. The van der Waals surface area contributed by atoms with Crippen LogP contribution in [0.2, 0.25) is 0 Å². The molecule has 1 saturated carbocycles. The molecule has 0 aliphatic heterocycles. The highest BCUT2D eigenvalue weighted by molar-refractivity contribution is 4.79. The van der Waals surface area contributed by atoms with E-state index in [1.54, 1.807) is 0 Å². The van der Waals surface area contributed by atoms with Crippen LogP contribution in [-0.2, 0) is 0 Å². The molecule has 0 heterocycles. The van der Waals surface area contributed by atoms with Gasteiger partial charge >= 0.3 is 0 Å². The van der Waals surface area contributed by atoms with Gasteiger partial charge in [0.25, 0.3) is 0 Å². The van der Waals surface area contributed by atoms with Gasteiger partial charge in [-0.05, 0) is 25.2 Å². The summed E-state index contributed by atoms with van der Waals surface area (Å²) in [4.78, 5) is 10.8. The van der Waals surface area contributed by atoms with Gasteiger partial charge in [0.05, 0.1) is 0 Å². The van der Waals surface area contributed by atoms with Crippen molar-refractivity contribution in [2.75, 3.05) is 0 Å².